The topological polar surface area (TPSA) is 64.0 Å². The van der Waals surface area contributed by atoms with E-state index >= 15 is 0 Å². The zero-order valence-corrected chi connectivity index (χ0v) is 16.7. The SMILES string of the molecule is O=S(=O)(Nc1cccc(C(F)(F)F)c1)c1cn(C2CCCC2)nc1-c1ccccc1. The standard InChI is InChI=1S/C21H20F3N3O2S/c22-21(23,24)16-9-6-10-17(13-16)26-30(28,29)19-14-27(18-11-4-5-12-18)25-20(19)15-7-2-1-3-8-15/h1-3,6-10,13-14,18,26H,4-5,11-12H2. The Morgan fingerprint density at radius 3 is 2.37 bits per heavy atom. The third kappa shape index (κ3) is 4.21. The number of hydrogen-bond acceptors (Lipinski definition) is 3. The second-order valence-electron chi connectivity index (χ2n) is 7.31. The fourth-order valence-corrected chi connectivity index (χ4v) is 4.90. The summed E-state index contributed by atoms with van der Waals surface area (Å²) in [6.45, 7) is 0. The van der Waals surface area contributed by atoms with Crippen molar-refractivity contribution in [2.24, 2.45) is 0 Å². The number of nitrogens with one attached hydrogen (secondary N) is 1. The van der Waals surface area contributed by atoms with Gasteiger partial charge in [0, 0.05) is 17.4 Å². The molecule has 0 radical (unpaired) electrons. The molecule has 3 aromatic rings. The largest absolute Gasteiger partial charge is 0.416 e. The fourth-order valence-electron chi connectivity index (χ4n) is 3.69. The molecule has 1 saturated carbocycles. The zero-order valence-electron chi connectivity index (χ0n) is 15.9. The summed E-state index contributed by atoms with van der Waals surface area (Å²) >= 11 is 0. The van der Waals surface area contributed by atoms with Crippen molar-refractivity contribution in [3.8, 4) is 11.3 Å². The van der Waals surface area contributed by atoms with Crippen molar-refractivity contribution in [1.82, 2.24) is 9.78 Å². The highest BCUT2D eigenvalue weighted by Gasteiger charge is 2.31. The average Bonchev–Trinajstić information content (AvgIpc) is 3.38. The molecule has 0 unspecified atom stereocenters. The van der Waals surface area contributed by atoms with Gasteiger partial charge in [-0.3, -0.25) is 9.40 Å². The van der Waals surface area contributed by atoms with Crippen LogP contribution in [-0.4, -0.2) is 18.2 Å². The maximum absolute atomic E-state index is 13.1. The van der Waals surface area contributed by atoms with Gasteiger partial charge in [-0.2, -0.15) is 18.3 Å². The van der Waals surface area contributed by atoms with E-state index in [1.807, 2.05) is 6.07 Å². The highest BCUT2D eigenvalue weighted by molar-refractivity contribution is 7.92. The van der Waals surface area contributed by atoms with Crippen molar-refractivity contribution in [2.45, 2.75) is 42.8 Å². The monoisotopic (exact) mass is 435 g/mol. The Morgan fingerprint density at radius 2 is 1.70 bits per heavy atom. The van der Waals surface area contributed by atoms with Crippen molar-refractivity contribution in [2.75, 3.05) is 4.72 Å². The first-order chi connectivity index (χ1) is 14.2. The van der Waals surface area contributed by atoms with Gasteiger partial charge >= 0.3 is 6.18 Å². The molecule has 30 heavy (non-hydrogen) atoms. The first kappa shape index (κ1) is 20.5. The van der Waals surface area contributed by atoms with Crippen LogP contribution in [-0.2, 0) is 16.2 Å². The molecule has 2 aromatic carbocycles. The van der Waals surface area contributed by atoms with E-state index in [0.29, 0.717) is 5.56 Å². The Hall–Kier alpha value is -2.81. The molecular weight excluding hydrogens is 415 g/mol. The molecule has 1 N–H and O–H groups in total. The summed E-state index contributed by atoms with van der Waals surface area (Å²) in [5.41, 5.74) is -0.175. The number of sulfonamides is 1. The van der Waals surface area contributed by atoms with Crippen LogP contribution < -0.4 is 4.72 Å². The van der Waals surface area contributed by atoms with E-state index in [4.69, 9.17) is 0 Å². The highest BCUT2D eigenvalue weighted by Crippen LogP contribution is 2.35. The third-order valence-electron chi connectivity index (χ3n) is 5.18. The highest BCUT2D eigenvalue weighted by atomic mass is 32.2. The van der Waals surface area contributed by atoms with Crippen LogP contribution in [0.4, 0.5) is 18.9 Å². The van der Waals surface area contributed by atoms with E-state index in [2.05, 4.69) is 9.82 Å². The number of benzene rings is 2. The van der Waals surface area contributed by atoms with Gasteiger partial charge in [0.25, 0.3) is 10.0 Å². The number of hydrogen-bond donors (Lipinski definition) is 1. The second-order valence-corrected chi connectivity index (χ2v) is 8.96. The normalized spacial score (nSPS) is 15.4. The molecule has 9 heteroatoms. The van der Waals surface area contributed by atoms with E-state index < -0.39 is 21.8 Å². The van der Waals surface area contributed by atoms with Crippen molar-refractivity contribution in [3.63, 3.8) is 0 Å². The number of halogens is 3. The summed E-state index contributed by atoms with van der Waals surface area (Å²) in [7, 11) is -4.16. The average molecular weight is 435 g/mol. The molecule has 1 fully saturated rings. The molecule has 0 bridgehead atoms. The van der Waals surface area contributed by atoms with E-state index in [1.54, 1.807) is 28.9 Å². The zero-order chi connectivity index (χ0) is 21.4. The van der Waals surface area contributed by atoms with Gasteiger partial charge < -0.3 is 0 Å². The molecule has 0 spiro atoms. The molecule has 0 aliphatic heterocycles. The van der Waals surface area contributed by atoms with Crippen LogP contribution in [0.3, 0.4) is 0 Å². The van der Waals surface area contributed by atoms with Crippen molar-refractivity contribution < 1.29 is 21.6 Å². The Balaban J connectivity index is 1.74. The third-order valence-corrected chi connectivity index (χ3v) is 6.56. The van der Waals surface area contributed by atoms with E-state index in [9.17, 15) is 21.6 Å². The number of anilines is 1. The molecule has 1 aliphatic rings. The van der Waals surface area contributed by atoms with Gasteiger partial charge in [-0.1, -0.05) is 49.2 Å². The first-order valence-electron chi connectivity index (χ1n) is 9.59. The smallest absolute Gasteiger partial charge is 0.280 e. The molecule has 4 rings (SSSR count). The number of rotatable bonds is 5. The summed E-state index contributed by atoms with van der Waals surface area (Å²) in [6, 6.07) is 13.1. The minimum atomic E-state index is -4.57. The van der Waals surface area contributed by atoms with Gasteiger partial charge in [-0.15, -0.1) is 0 Å². The number of aromatic nitrogens is 2. The van der Waals surface area contributed by atoms with Crippen LogP contribution in [0.1, 0.15) is 37.3 Å². The summed E-state index contributed by atoms with van der Waals surface area (Å²) < 4.78 is 69.2. The van der Waals surface area contributed by atoms with Gasteiger partial charge in [0.1, 0.15) is 10.6 Å². The van der Waals surface area contributed by atoms with E-state index in [1.165, 1.54) is 18.3 Å². The second kappa shape index (κ2) is 7.79. The number of alkyl halides is 3. The predicted molar refractivity (Wildman–Crippen MR) is 107 cm³/mol. The first-order valence-corrected chi connectivity index (χ1v) is 11.1. The summed E-state index contributed by atoms with van der Waals surface area (Å²) in [6.07, 6.45) is 0.844. The van der Waals surface area contributed by atoms with E-state index in [-0.39, 0.29) is 22.3 Å². The van der Waals surface area contributed by atoms with Crippen molar-refractivity contribution >= 4 is 15.7 Å². The maximum Gasteiger partial charge on any atom is 0.416 e. The molecule has 0 amide bonds. The molecule has 1 aliphatic carbocycles. The quantitative estimate of drug-likeness (QED) is 0.577. The van der Waals surface area contributed by atoms with Gasteiger partial charge in [-0.05, 0) is 31.0 Å². The predicted octanol–water partition coefficient (Wildman–Crippen LogP) is 5.48. The van der Waals surface area contributed by atoms with Gasteiger partial charge in [-0.25, -0.2) is 8.42 Å². The molecule has 5 nitrogen and oxygen atoms in total. The minimum absolute atomic E-state index is 0.0574. The van der Waals surface area contributed by atoms with E-state index in [0.717, 1.165) is 37.8 Å². The molecule has 0 saturated heterocycles. The Morgan fingerprint density at radius 1 is 1.00 bits per heavy atom. The number of nitrogens with zero attached hydrogens (tertiary/aromatic N) is 2. The Kier molecular flexibility index (Phi) is 5.31. The summed E-state index contributed by atoms with van der Waals surface area (Å²) in [4.78, 5) is -0.0574. The lowest BCUT2D eigenvalue weighted by molar-refractivity contribution is -0.137. The molecule has 158 valence electrons. The lowest BCUT2D eigenvalue weighted by Crippen LogP contribution is -2.14. The van der Waals surface area contributed by atoms with Crippen LogP contribution in [0, 0.1) is 0 Å². The van der Waals surface area contributed by atoms with Crippen LogP contribution in [0.5, 0.6) is 0 Å². The molecule has 1 aromatic heterocycles. The summed E-state index contributed by atoms with van der Waals surface area (Å²) in [5.74, 6) is 0. The van der Waals surface area contributed by atoms with Gasteiger partial charge in [0.05, 0.1) is 11.6 Å². The van der Waals surface area contributed by atoms with Crippen molar-refractivity contribution in [3.05, 3.63) is 66.4 Å². The summed E-state index contributed by atoms with van der Waals surface area (Å²) in [5, 5.41) is 4.54. The lowest BCUT2D eigenvalue weighted by atomic mass is 10.2. The molecular formula is C21H20F3N3O2S. The van der Waals surface area contributed by atoms with Crippen LogP contribution in [0.2, 0.25) is 0 Å². The maximum atomic E-state index is 13.1. The lowest BCUT2D eigenvalue weighted by Gasteiger charge is -2.11. The van der Waals surface area contributed by atoms with Crippen LogP contribution >= 0.6 is 0 Å². The van der Waals surface area contributed by atoms with Gasteiger partial charge in [0.15, 0.2) is 0 Å². The Bertz CT molecular complexity index is 1140. The Labute approximate surface area is 172 Å². The van der Waals surface area contributed by atoms with Crippen molar-refractivity contribution in [1.29, 1.82) is 0 Å². The minimum Gasteiger partial charge on any atom is -0.280 e. The fraction of sp³-hybridized carbons (Fsp3) is 0.286. The van der Waals surface area contributed by atoms with Gasteiger partial charge in [0.2, 0.25) is 0 Å². The molecule has 0 atom stereocenters. The van der Waals surface area contributed by atoms with Crippen LogP contribution in [0.15, 0.2) is 65.7 Å². The molecule has 1 heterocycles. The van der Waals surface area contributed by atoms with Crippen LogP contribution in [0.25, 0.3) is 11.3 Å².